The van der Waals surface area contributed by atoms with E-state index in [9.17, 15) is 9.59 Å². The molecule has 1 spiro atoms. The maximum atomic E-state index is 12.8. The molecule has 2 aromatic heterocycles. The largest absolute Gasteiger partial charge is 0.341 e. The molecule has 0 aromatic carbocycles. The van der Waals surface area contributed by atoms with Crippen LogP contribution in [0.2, 0.25) is 0 Å². The van der Waals surface area contributed by atoms with E-state index in [-0.39, 0.29) is 23.3 Å². The summed E-state index contributed by atoms with van der Waals surface area (Å²) in [6, 6.07) is 3.57. The van der Waals surface area contributed by atoms with Gasteiger partial charge in [0.15, 0.2) is 0 Å². The molecule has 148 valence electrons. The van der Waals surface area contributed by atoms with E-state index in [1.807, 2.05) is 35.1 Å². The van der Waals surface area contributed by atoms with E-state index < -0.39 is 0 Å². The lowest BCUT2D eigenvalue weighted by Crippen LogP contribution is -2.52. The minimum atomic E-state index is -0.341. The Bertz CT molecular complexity index is 814. The molecular formula is C20H26N6O2. The average Bonchev–Trinajstić information content (AvgIpc) is 3.26. The van der Waals surface area contributed by atoms with Crippen LogP contribution in [0.1, 0.15) is 44.2 Å². The first-order valence-corrected chi connectivity index (χ1v) is 9.86. The van der Waals surface area contributed by atoms with E-state index in [0.717, 1.165) is 44.5 Å². The predicted molar refractivity (Wildman–Crippen MR) is 102 cm³/mol. The summed E-state index contributed by atoms with van der Waals surface area (Å²) in [5, 5.41) is 4.08. The van der Waals surface area contributed by atoms with Crippen LogP contribution in [0.4, 0.5) is 0 Å². The van der Waals surface area contributed by atoms with Gasteiger partial charge in [0, 0.05) is 45.0 Å². The van der Waals surface area contributed by atoms with Crippen LogP contribution in [-0.4, -0.2) is 61.0 Å². The standard InChI is InChI=1S/C20H26N6O2/c1-16(26-15-22-14-23-26)19(28)24-9-6-20(7-10-24)5-4-18(27)25(13-20)12-17-3-2-8-21-11-17/h2-3,8,11,14-16H,4-7,9-10,12-13H2,1H3. The fourth-order valence-electron chi connectivity index (χ4n) is 4.36. The van der Waals surface area contributed by atoms with Gasteiger partial charge in [-0.25, -0.2) is 9.67 Å². The summed E-state index contributed by atoms with van der Waals surface area (Å²) in [4.78, 5) is 37.2. The van der Waals surface area contributed by atoms with Crippen molar-refractivity contribution in [3.63, 3.8) is 0 Å². The van der Waals surface area contributed by atoms with Crippen molar-refractivity contribution in [2.75, 3.05) is 19.6 Å². The number of nitrogens with zero attached hydrogens (tertiary/aromatic N) is 6. The summed E-state index contributed by atoms with van der Waals surface area (Å²) in [7, 11) is 0. The number of likely N-dealkylation sites (tertiary alicyclic amines) is 2. The predicted octanol–water partition coefficient (Wildman–Crippen LogP) is 1.67. The van der Waals surface area contributed by atoms with Crippen LogP contribution in [0.15, 0.2) is 37.2 Å². The Labute approximate surface area is 164 Å². The fraction of sp³-hybridized carbons (Fsp3) is 0.550. The van der Waals surface area contributed by atoms with Gasteiger partial charge in [-0.15, -0.1) is 0 Å². The van der Waals surface area contributed by atoms with Crippen molar-refractivity contribution in [1.82, 2.24) is 29.5 Å². The van der Waals surface area contributed by atoms with Crippen LogP contribution in [0.5, 0.6) is 0 Å². The van der Waals surface area contributed by atoms with Gasteiger partial charge >= 0.3 is 0 Å². The summed E-state index contributed by atoms with van der Waals surface area (Å²) in [5.41, 5.74) is 1.17. The Morgan fingerprint density at radius 2 is 2.07 bits per heavy atom. The van der Waals surface area contributed by atoms with Gasteiger partial charge in [-0.2, -0.15) is 5.10 Å². The SMILES string of the molecule is CC(C(=O)N1CCC2(CCC(=O)N(Cc3cccnc3)C2)CC1)n1cncn1. The number of hydrogen-bond acceptors (Lipinski definition) is 5. The van der Waals surface area contributed by atoms with Gasteiger partial charge in [0.1, 0.15) is 18.7 Å². The zero-order chi connectivity index (χ0) is 19.6. The third-order valence-corrected chi connectivity index (χ3v) is 6.17. The lowest BCUT2D eigenvalue weighted by atomic mass is 9.72. The molecule has 0 aliphatic carbocycles. The highest BCUT2D eigenvalue weighted by Crippen LogP contribution is 2.40. The van der Waals surface area contributed by atoms with Crippen LogP contribution < -0.4 is 0 Å². The molecule has 8 nitrogen and oxygen atoms in total. The smallest absolute Gasteiger partial charge is 0.247 e. The maximum Gasteiger partial charge on any atom is 0.247 e. The number of carbonyl (C=O) groups excluding carboxylic acids is 2. The van der Waals surface area contributed by atoms with Gasteiger partial charge < -0.3 is 9.80 Å². The quantitative estimate of drug-likeness (QED) is 0.803. The summed E-state index contributed by atoms with van der Waals surface area (Å²) >= 11 is 0. The molecule has 2 fully saturated rings. The molecule has 1 unspecified atom stereocenters. The van der Waals surface area contributed by atoms with E-state index in [0.29, 0.717) is 13.0 Å². The summed E-state index contributed by atoms with van der Waals surface area (Å²) < 4.78 is 1.60. The van der Waals surface area contributed by atoms with E-state index in [2.05, 4.69) is 15.1 Å². The number of rotatable bonds is 4. The van der Waals surface area contributed by atoms with Crippen LogP contribution >= 0.6 is 0 Å². The molecule has 8 heteroatoms. The number of hydrogen-bond donors (Lipinski definition) is 0. The van der Waals surface area contributed by atoms with Crippen molar-refractivity contribution in [2.45, 2.75) is 45.2 Å². The van der Waals surface area contributed by atoms with Gasteiger partial charge in [0.05, 0.1) is 0 Å². The lowest BCUT2D eigenvalue weighted by molar-refractivity contribution is -0.144. The second kappa shape index (κ2) is 7.69. The molecule has 28 heavy (non-hydrogen) atoms. The first-order valence-electron chi connectivity index (χ1n) is 9.86. The minimum Gasteiger partial charge on any atom is -0.341 e. The summed E-state index contributed by atoms with van der Waals surface area (Å²) in [6.45, 7) is 4.69. The van der Waals surface area contributed by atoms with Crippen LogP contribution in [-0.2, 0) is 16.1 Å². The number of pyridine rings is 1. The molecule has 0 radical (unpaired) electrons. The monoisotopic (exact) mass is 382 g/mol. The van der Waals surface area contributed by atoms with Crippen molar-refractivity contribution < 1.29 is 9.59 Å². The Morgan fingerprint density at radius 3 is 2.75 bits per heavy atom. The first kappa shape index (κ1) is 18.6. The zero-order valence-corrected chi connectivity index (χ0v) is 16.2. The number of aromatic nitrogens is 4. The van der Waals surface area contributed by atoms with Crippen LogP contribution in [0.3, 0.4) is 0 Å². The van der Waals surface area contributed by atoms with Crippen molar-refractivity contribution in [3.05, 3.63) is 42.7 Å². The second-order valence-corrected chi connectivity index (χ2v) is 7.99. The zero-order valence-electron chi connectivity index (χ0n) is 16.2. The molecule has 0 N–H and O–H groups in total. The second-order valence-electron chi connectivity index (χ2n) is 7.99. The summed E-state index contributed by atoms with van der Waals surface area (Å²) in [6.07, 6.45) is 9.96. The molecule has 0 saturated carbocycles. The molecule has 2 aliphatic heterocycles. The van der Waals surface area contributed by atoms with E-state index in [1.165, 1.54) is 6.33 Å². The topological polar surface area (TPSA) is 84.2 Å². The molecule has 2 saturated heterocycles. The third-order valence-electron chi connectivity index (χ3n) is 6.17. The van der Waals surface area contributed by atoms with Crippen LogP contribution in [0, 0.1) is 5.41 Å². The van der Waals surface area contributed by atoms with E-state index in [4.69, 9.17) is 0 Å². The van der Waals surface area contributed by atoms with Crippen molar-refractivity contribution in [3.8, 4) is 0 Å². The van der Waals surface area contributed by atoms with Gasteiger partial charge in [-0.3, -0.25) is 14.6 Å². The maximum absolute atomic E-state index is 12.8. The number of piperidine rings is 2. The van der Waals surface area contributed by atoms with Crippen molar-refractivity contribution in [1.29, 1.82) is 0 Å². The number of carbonyl (C=O) groups is 2. The molecule has 2 amide bonds. The van der Waals surface area contributed by atoms with Gasteiger partial charge in [-0.05, 0) is 43.2 Å². The highest BCUT2D eigenvalue weighted by Gasteiger charge is 2.42. The van der Waals surface area contributed by atoms with E-state index >= 15 is 0 Å². The third kappa shape index (κ3) is 3.76. The Hall–Kier alpha value is -2.77. The Morgan fingerprint density at radius 1 is 1.25 bits per heavy atom. The minimum absolute atomic E-state index is 0.0828. The van der Waals surface area contributed by atoms with Gasteiger partial charge in [0.2, 0.25) is 11.8 Å². The highest BCUT2D eigenvalue weighted by molar-refractivity contribution is 5.80. The Balaban J connectivity index is 1.37. The summed E-state index contributed by atoms with van der Waals surface area (Å²) in [5.74, 6) is 0.298. The normalized spacial score (nSPS) is 20.4. The van der Waals surface area contributed by atoms with Crippen molar-refractivity contribution in [2.24, 2.45) is 5.41 Å². The number of amides is 2. The molecule has 2 aliphatic rings. The molecular weight excluding hydrogens is 356 g/mol. The fourth-order valence-corrected chi connectivity index (χ4v) is 4.36. The first-order chi connectivity index (χ1) is 13.6. The van der Waals surface area contributed by atoms with Crippen LogP contribution in [0.25, 0.3) is 0 Å². The lowest BCUT2D eigenvalue weighted by Gasteiger charge is -2.47. The van der Waals surface area contributed by atoms with Crippen molar-refractivity contribution >= 4 is 11.8 Å². The Kier molecular flexibility index (Phi) is 5.11. The molecule has 0 bridgehead atoms. The van der Waals surface area contributed by atoms with Gasteiger partial charge in [-0.1, -0.05) is 6.07 Å². The molecule has 2 aromatic rings. The highest BCUT2D eigenvalue weighted by atomic mass is 16.2. The molecule has 1 atom stereocenters. The molecule has 4 heterocycles. The van der Waals surface area contributed by atoms with Gasteiger partial charge in [0.25, 0.3) is 0 Å². The average molecular weight is 382 g/mol. The molecule has 4 rings (SSSR count). The van der Waals surface area contributed by atoms with E-state index in [1.54, 1.807) is 17.2 Å².